The number of anilines is 1. The number of carbonyl (C=O) groups excluding carboxylic acids is 1. The van der Waals surface area contributed by atoms with Crippen molar-refractivity contribution in [2.75, 3.05) is 12.4 Å². The molecule has 0 bridgehead atoms. The van der Waals surface area contributed by atoms with Gasteiger partial charge in [-0.3, -0.25) is 4.79 Å². The average molecular weight is 551 g/mol. The molecule has 0 spiro atoms. The maximum Gasteiger partial charge on any atom is 0.416 e. The van der Waals surface area contributed by atoms with E-state index >= 15 is 0 Å². The Morgan fingerprint density at radius 2 is 1.78 bits per heavy atom. The van der Waals surface area contributed by atoms with E-state index < -0.39 is 33.3 Å². The third-order valence-electron chi connectivity index (χ3n) is 4.88. The van der Waals surface area contributed by atoms with Crippen molar-refractivity contribution >= 4 is 39.4 Å². The highest BCUT2D eigenvalue weighted by Crippen LogP contribution is 2.39. The standard InChI is InChI=1S/C25H18ClF3N2O5S/c1-15-6-8-20(9-7-15)37(33,34)36-23-21(26)11-16(12-22(23)35-2)10-17(14-30)24(32)31-19-5-3-4-18(13-19)25(27,28)29/h3-13H,1-2H3,(H,31,32)/b17-10+. The Morgan fingerprint density at radius 1 is 1.11 bits per heavy atom. The van der Waals surface area contributed by atoms with E-state index in [0.717, 1.165) is 29.8 Å². The molecular weight excluding hydrogens is 533 g/mol. The molecule has 0 unspecified atom stereocenters. The Bertz CT molecular complexity index is 1510. The molecular formula is C25H18ClF3N2O5S. The number of aryl methyl sites for hydroxylation is 1. The van der Waals surface area contributed by atoms with Gasteiger partial charge in [-0.1, -0.05) is 35.4 Å². The summed E-state index contributed by atoms with van der Waals surface area (Å²) in [6.45, 7) is 1.79. The predicted molar refractivity (Wildman–Crippen MR) is 131 cm³/mol. The maximum atomic E-state index is 12.9. The van der Waals surface area contributed by atoms with E-state index in [2.05, 4.69) is 5.32 Å². The smallest absolute Gasteiger partial charge is 0.416 e. The molecule has 0 aliphatic heterocycles. The van der Waals surface area contributed by atoms with Crippen LogP contribution in [0.3, 0.4) is 0 Å². The topological polar surface area (TPSA) is 105 Å². The highest BCUT2D eigenvalue weighted by molar-refractivity contribution is 7.87. The molecule has 3 aromatic carbocycles. The number of methoxy groups -OCH3 is 1. The van der Waals surface area contributed by atoms with Gasteiger partial charge in [-0.25, -0.2) is 0 Å². The molecule has 3 aromatic rings. The van der Waals surface area contributed by atoms with Gasteiger partial charge in [-0.2, -0.15) is 26.9 Å². The summed E-state index contributed by atoms with van der Waals surface area (Å²) in [4.78, 5) is 12.4. The Hall–Kier alpha value is -4.01. The van der Waals surface area contributed by atoms with Crippen LogP contribution in [0.1, 0.15) is 16.7 Å². The van der Waals surface area contributed by atoms with Gasteiger partial charge in [0, 0.05) is 5.69 Å². The number of halogens is 4. The molecule has 37 heavy (non-hydrogen) atoms. The van der Waals surface area contributed by atoms with Gasteiger partial charge in [0.05, 0.1) is 17.7 Å². The number of benzene rings is 3. The predicted octanol–water partition coefficient (Wildman–Crippen LogP) is 5.99. The molecule has 0 aliphatic rings. The summed E-state index contributed by atoms with van der Waals surface area (Å²) in [6.07, 6.45) is -3.51. The van der Waals surface area contributed by atoms with Crippen molar-refractivity contribution in [3.63, 3.8) is 0 Å². The van der Waals surface area contributed by atoms with Crippen molar-refractivity contribution in [2.24, 2.45) is 0 Å². The SMILES string of the molecule is COc1cc(/C=C(\C#N)C(=O)Nc2cccc(C(F)(F)F)c2)cc(Cl)c1OS(=O)(=O)c1ccc(C)cc1. The number of carbonyl (C=O) groups is 1. The molecule has 7 nitrogen and oxygen atoms in total. The van der Waals surface area contributed by atoms with Crippen LogP contribution in [0.4, 0.5) is 18.9 Å². The van der Waals surface area contributed by atoms with Crippen LogP contribution in [-0.4, -0.2) is 21.4 Å². The fourth-order valence-corrected chi connectivity index (χ4v) is 4.31. The lowest BCUT2D eigenvalue weighted by Crippen LogP contribution is -2.14. The van der Waals surface area contributed by atoms with E-state index in [-0.39, 0.29) is 32.7 Å². The molecule has 0 saturated heterocycles. The van der Waals surface area contributed by atoms with Gasteiger partial charge in [0.25, 0.3) is 5.91 Å². The first-order valence-corrected chi connectivity index (χ1v) is 12.1. The van der Waals surface area contributed by atoms with Crippen molar-refractivity contribution in [3.8, 4) is 17.6 Å². The van der Waals surface area contributed by atoms with Crippen LogP contribution in [-0.2, 0) is 21.1 Å². The average Bonchev–Trinajstić information content (AvgIpc) is 2.83. The van der Waals surface area contributed by atoms with E-state index in [0.29, 0.717) is 0 Å². The molecule has 0 fully saturated rings. The lowest BCUT2D eigenvalue weighted by Gasteiger charge is -2.13. The van der Waals surface area contributed by atoms with E-state index in [4.69, 9.17) is 20.5 Å². The Balaban J connectivity index is 1.89. The largest absolute Gasteiger partial charge is 0.493 e. The Labute approximate surface area is 215 Å². The third kappa shape index (κ3) is 6.81. The zero-order valence-electron chi connectivity index (χ0n) is 19.3. The van der Waals surface area contributed by atoms with Crippen molar-refractivity contribution in [3.05, 3.63) is 87.9 Å². The molecule has 192 valence electrons. The second kappa shape index (κ2) is 10.9. The lowest BCUT2D eigenvalue weighted by atomic mass is 10.1. The zero-order chi connectivity index (χ0) is 27.4. The molecule has 0 aliphatic carbocycles. The monoisotopic (exact) mass is 550 g/mol. The summed E-state index contributed by atoms with van der Waals surface area (Å²) in [5.74, 6) is -1.39. The van der Waals surface area contributed by atoms with E-state index in [9.17, 15) is 31.6 Å². The number of hydrogen-bond acceptors (Lipinski definition) is 6. The zero-order valence-corrected chi connectivity index (χ0v) is 20.8. The first kappa shape index (κ1) is 27.6. The van der Waals surface area contributed by atoms with Gasteiger partial charge >= 0.3 is 16.3 Å². The summed E-state index contributed by atoms with van der Waals surface area (Å²) in [7, 11) is -3.03. The van der Waals surface area contributed by atoms with Crippen LogP contribution >= 0.6 is 11.6 Å². The minimum Gasteiger partial charge on any atom is -0.493 e. The molecule has 0 aromatic heterocycles. The summed E-state index contributed by atoms with van der Waals surface area (Å²) >= 11 is 6.24. The molecule has 12 heteroatoms. The maximum absolute atomic E-state index is 12.9. The molecule has 0 atom stereocenters. The number of nitrogens with zero attached hydrogens (tertiary/aromatic N) is 1. The number of alkyl halides is 3. The third-order valence-corrected chi connectivity index (χ3v) is 6.39. The van der Waals surface area contributed by atoms with Crippen molar-refractivity contribution in [1.29, 1.82) is 5.26 Å². The first-order chi connectivity index (χ1) is 17.3. The second-order valence-electron chi connectivity index (χ2n) is 7.59. The van der Waals surface area contributed by atoms with Crippen LogP contribution in [0, 0.1) is 18.3 Å². The summed E-state index contributed by atoms with van der Waals surface area (Å²) in [5.41, 5.74) is -0.590. The van der Waals surface area contributed by atoms with Crippen LogP contribution in [0.2, 0.25) is 5.02 Å². The highest BCUT2D eigenvalue weighted by Gasteiger charge is 2.30. The Morgan fingerprint density at radius 3 is 2.38 bits per heavy atom. The van der Waals surface area contributed by atoms with Crippen LogP contribution in [0.25, 0.3) is 6.08 Å². The highest BCUT2D eigenvalue weighted by atomic mass is 35.5. The molecule has 1 N–H and O–H groups in total. The quantitative estimate of drug-likeness (QED) is 0.220. The van der Waals surface area contributed by atoms with E-state index in [1.807, 2.05) is 0 Å². The normalized spacial score (nSPS) is 12.0. The fraction of sp³-hybridized carbons (Fsp3) is 0.120. The summed E-state index contributed by atoms with van der Waals surface area (Å²) in [5, 5.41) is 11.5. The number of nitrogens with one attached hydrogen (secondary N) is 1. The fourth-order valence-electron chi connectivity index (χ4n) is 3.05. The molecule has 0 heterocycles. The number of nitriles is 1. The molecule has 0 saturated carbocycles. The summed E-state index contributed by atoms with van der Waals surface area (Å²) in [6, 6.07) is 14.0. The van der Waals surface area contributed by atoms with Gasteiger partial charge in [0.1, 0.15) is 16.5 Å². The van der Waals surface area contributed by atoms with E-state index in [1.165, 1.54) is 37.4 Å². The number of amides is 1. The van der Waals surface area contributed by atoms with Crippen LogP contribution < -0.4 is 14.2 Å². The molecule has 3 rings (SSSR count). The molecule has 1 amide bonds. The first-order valence-electron chi connectivity index (χ1n) is 10.3. The van der Waals surface area contributed by atoms with Crippen molar-refractivity contribution in [2.45, 2.75) is 18.0 Å². The van der Waals surface area contributed by atoms with Gasteiger partial charge in [0.15, 0.2) is 5.75 Å². The number of rotatable bonds is 7. The second-order valence-corrected chi connectivity index (χ2v) is 9.54. The van der Waals surface area contributed by atoms with Gasteiger partial charge in [-0.05, 0) is 61.0 Å². The van der Waals surface area contributed by atoms with Crippen molar-refractivity contribution in [1.82, 2.24) is 0 Å². The Kier molecular flexibility index (Phi) is 8.15. The van der Waals surface area contributed by atoms with Gasteiger partial charge in [0.2, 0.25) is 5.75 Å². The van der Waals surface area contributed by atoms with Crippen LogP contribution in [0.5, 0.6) is 11.5 Å². The minimum absolute atomic E-state index is 0.106. The number of hydrogen-bond donors (Lipinski definition) is 1. The molecule has 0 radical (unpaired) electrons. The van der Waals surface area contributed by atoms with Gasteiger partial charge in [-0.15, -0.1) is 0 Å². The van der Waals surface area contributed by atoms with Crippen molar-refractivity contribution < 1.29 is 35.3 Å². The van der Waals surface area contributed by atoms with Crippen LogP contribution in [0.15, 0.2) is 71.1 Å². The minimum atomic E-state index is -4.61. The van der Waals surface area contributed by atoms with E-state index in [1.54, 1.807) is 25.1 Å². The lowest BCUT2D eigenvalue weighted by molar-refractivity contribution is -0.137. The number of ether oxygens (including phenoxy) is 1. The summed E-state index contributed by atoms with van der Waals surface area (Å²) < 4.78 is 74.5. The van der Waals surface area contributed by atoms with Gasteiger partial charge < -0.3 is 14.2 Å².